The SMILES string of the molecule is Cc1ccc(-c2cc(C(=O)Nc3ccc4c(c3)CCN4C(=O)c3ccoc3)on2)cc1. The highest BCUT2D eigenvalue weighted by atomic mass is 16.5. The summed E-state index contributed by atoms with van der Waals surface area (Å²) in [5, 5.41) is 6.85. The van der Waals surface area contributed by atoms with E-state index in [1.807, 2.05) is 43.3 Å². The molecule has 0 unspecified atom stereocenters. The lowest BCUT2D eigenvalue weighted by Gasteiger charge is -2.16. The van der Waals surface area contributed by atoms with Crippen molar-refractivity contribution in [1.29, 1.82) is 0 Å². The first-order chi connectivity index (χ1) is 15.1. The zero-order valence-electron chi connectivity index (χ0n) is 16.8. The van der Waals surface area contributed by atoms with Gasteiger partial charge in [-0.15, -0.1) is 0 Å². The molecule has 0 fully saturated rings. The summed E-state index contributed by atoms with van der Waals surface area (Å²) in [5.74, 6) is -0.349. The predicted octanol–water partition coefficient (Wildman–Crippen LogP) is 4.70. The van der Waals surface area contributed by atoms with E-state index in [1.54, 1.807) is 23.1 Å². The maximum atomic E-state index is 12.6. The fourth-order valence-electron chi connectivity index (χ4n) is 3.67. The second-order valence-electron chi connectivity index (χ2n) is 7.46. The van der Waals surface area contributed by atoms with E-state index in [1.165, 1.54) is 12.5 Å². The van der Waals surface area contributed by atoms with Crippen molar-refractivity contribution in [3.8, 4) is 11.3 Å². The van der Waals surface area contributed by atoms with Crippen LogP contribution in [-0.2, 0) is 6.42 Å². The third-order valence-corrected chi connectivity index (χ3v) is 5.33. The molecule has 7 nitrogen and oxygen atoms in total. The maximum Gasteiger partial charge on any atom is 0.294 e. The van der Waals surface area contributed by atoms with Gasteiger partial charge in [0.25, 0.3) is 11.8 Å². The largest absolute Gasteiger partial charge is 0.472 e. The Hall–Kier alpha value is -4.13. The number of aryl methyl sites for hydroxylation is 1. The summed E-state index contributed by atoms with van der Waals surface area (Å²) < 4.78 is 10.3. The molecule has 154 valence electrons. The Bertz CT molecular complexity index is 1260. The number of nitrogens with zero attached hydrogens (tertiary/aromatic N) is 2. The molecule has 4 aromatic rings. The summed E-state index contributed by atoms with van der Waals surface area (Å²) in [6, 6.07) is 16.6. The lowest BCUT2D eigenvalue weighted by Crippen LogP contribution is -2.28. The smallest absolute Gasteiger partial charge is 0.294 e. The number of nitrogens with one attached hydrogen (secondary N) is 1. The average Bonchev–Trinajstić information content (AvgIpc) is 3.54. The van der Waals surface area contributed by atoms with Crippen LogP contribution in [0.15, 0.2) is 76.1 Å². The Kier molecular flexibility index (Phi) is 4.63. The normalized spacial score (nSPS) is 12.6. The van der Waals surface area contributed by atoms with Gasteiger partial charge in [-0.3, -0.25) is 9.59 Å². The van der Waals surface area contributed by atoms with E-state index in [-0.39, 0.29) is 17.6 Å². The summed E-state index contributed by atoms with van der Waals surface area (Å²) in [7, 11) is 0. The molecule has 5 rings (SSSR count). The van der Waals surface area contributed by atoms with Crippen LogP contribution >= 0.6 is 0 Å². The van der Waals surface area contributed by atoms with Crippen molar-refractivity contribution in [3.63, 3.8) is 0 Å². The molecular weight excluding hydrogens is 394 g/mol. The van der Waals surface area contributed by atoms with E-state index < -0.39 is 0 Å². The van der Waals surface area contributed by atoms with Crippen LogP contribution in [0.2, 0.25) is 0 Å². The highest BCUT2D eigenvalue weighted by molar-refractivity contribution is 6.07. The van der Waals surface area contributed by atoms with Gasteiger partial charge in [0, 0.05) is 29.5 Å². The molecule has 7 heteroatoms. The molecule has 31 heavy (non-hydrogen) atoms. The van der Waals surface area contributed by atoms with Crippen LogP contribution < -0.4 is 10.2 Å². The van der Waals surface area contributed by atoms with Gasteiger partial charge in [0.2, 0.25) is 5.76 Å². The van der Waals surface area contributed by atoms with Crippen LogP contribution in [-0.4, -0.2) is 23.5 Å². The minimum atomic E-state index is -0.380. The molecule has 0 aliphatic carbocycles. The summed E-state index contributed by atoms with van der Waals surface area (Å²) in [6.07, 6.45) is 3.64. The Morgan fingerprint density at radius 1 is 1.06 bits per heavy atom. The van der Waals surface area contributed by atoms with E-state index in [2.05, 4.69) is 10.5 Å². The molecule has 1 aliphatic rings. The molecule has 1 N–H and O–H groups in total. The maximum absolute atomic E-state index is 12.6. The summed E-state index contributed by atoms with van der Waals surface area (Å²) in [4.78, 5) is 27.0. The molecule has 3 heterocycles. The Morgan fingerprint density at radius 3 is 2.68 bits per heavy atom. The van der Waals surface area contributed by atoms with Gasteiger partial charge in [-0.05, 0) is 43.2 Å². The number of benzene rings is 2. The Balaban J connectivity index is 1.31. The van der Waals surface area contributed by atoms with Crippen molar-refractivity contribution in [1.82, 2.24) is 5.16 Å². The highest BCUT2D eigenvalue weighted by Gasteiger charge is 2.26. The first-order valence-electron chi connectivity index (χ1n) is 9.90. The van der Waals surface area contributed by atoms with E-state index in [0.717, 1.165) is 22.4 Å². The lowest BCUT2D eigenvalue weighted by atomic mass is 10.1. The van der Waals surface area contributed by atoms with E-state index in [0.29, 0.717) is 29.9 Å². The minimum absolute atomic E-state index is 0.102. The summed E-state index contributed by atoms with van der Waals surface area (Å²) >= 11 is 0. The van der Waals surface area contributed by atoms with Gasteiger partial charge in [-0.2, -0.15) is 0 Å². The van der Waals surface area contributed by atoms with E-state index >= 15 is 0 Å². The van der Waals surface area contributed by atoms with Crippen molar-refractivity contribution < 1.29 is 18.5 Å². The molecular formula is C24H19N3O4. The number of aromatic nitrogens is 1. The summed E-state index contributed by atoms with van der Waals surface area (Å²) in [5.41, 5.74) is 5.61. The van der Waals surface area contributed by atoms with Crippen molar-refractivity contribution in [2.75, 3.05) is 16.8 Å². The topological polar surface area (TPSA) is 88.6 Å². The average molecular weight is 413 g/mol. The van der Waals surface area contributed by atoms with Crippen molar-refractivity contribution in [3.05, 3.63) is 89.6 Å². The van der Waals surface area contributed by atoms with Crippen LogP contribution in [0.5, 0.6) is 0 Å². The van der Waals surface area contributed by atoms with Gasteiger partial charge < -0.3 is 19.2 Å². The molecule has 0 bridgehead atoms. The van der Waals surface area contributed by atoms with Gasteiger partial charge in [0.15, 0.2) is 0 Å². The van der Waals surface area contributed by atoms with Gasteiger partial charge in [0.05, 0.1) is 11.8 Å². The Morgan fingerprint density at radius 2 is 1.90 bits per heavy atom. The molecule has 2 aromatic heterocycles. The number of carbonyl (C=O) groups is 2. The third kappa shape index (κ3) is 3.61. The van der Waals surface area contributed by atoms with Gasteiger partial charge in [0.1, 0.15) is 12.0 Å². The van der Waals surface area contributed by atoms with Gasteiger partial charge in [-0.25, -0.2) is 0 Å². The number of carbonyl (C=O) groups excluding carboxylic acids is 2. The molecule has 0 atom stereocenters. The van der Waals surface area contributed by atoms with Crippen molar-refractivity contribution >= 4 is 23.2 Å². The molecule has 2 aromatic carbocycles. The van der Waals surface area contributed by atoms with Crippen LogP contribution in [0.1, 0.15) is 32.0 Å². The zero-order chi connectivity index (χ0) is 21.4. The number of furan rings is 1. The van der Waals surface area contributed by atoms with E-state index in [9.17, 15) is 9.59 Å². The molecule has 0 spiro atoms. The number of anilines is 2. The van der Waals surface area contributed by atoms with Crippen molar-refractivity contribution in [2.24, 2.45) is 0 Å². The standard InChI is InChI=1S/C24H19N3O4/c1-15-2-4-16(5-3-15)20-13-22(31-26-20)23(28)25-19-6-7-21-17(12-19)8-10-27(21)24(29)18-9-11-30-14-18/h2-7,9,11-14H,8,10H2,1H3,(H,25,28). The van der Waals surface area contributed by atoms with Crippen molar-refractivity contribution in [2.45, 2.75) is 13.3 Å². The molecule has 0 saturated carbocycles. The molecule has 2 amide bonds. The Labute approximate surface area is 178 Å². The second-order valence-corrected chi connectivity index (χ2v) is 7.46. The fourth-order valence-corrected chi connectivity index (χ4v) is 3.67. The number of hydrogen-bond acceptors (Lipinski definition) is 5. The quantitative estimate of drug-likeness (QED) is 0.524. The highest BCUT2D eigenvalue weighted by Crippen LogP contribution is 2.32. The minimum Gasteiger partial charge on any atom is -0.472 e. The molecule has 1 aliphatic heterocycles. The number of fused-ring (bicyclic) bond motifs is 1. The first-order valence-corrected chi connectivity index (χ1v) is 9.90. The lowest BCUT2D eigenvalue weighted by molar-refractivity contribution is 0.0980. The first kappa shape index (κ1) is 18.9. The van der Waals surface area contributed by atoms with Gasteiger partial charge in [-0.1, -0.05) is 35.0 Å². The van der Waals surface area contributed by atoms with Crippen LogP contribution in [0.4, 0.5) is 11.4 Å². The summed E-state index contributed by atoms with van der Waals surface area (Å²) in [6.45, 7) is 2.59. The fraction of sp³-hybridized carbons (Fsp3) is 0.125. The molecule has 0 saturated heterocycles. The molecule has 0 radical (unpaired) electrons. The van der Waals surface area contributed by atoms with Crippen LogP contribution in [0.25, 0.3) is 11.3 Å². The number of rotatable bonds is 4. The van der Waals surface area contributed by atoms with Crippen LogP contribution in [0.3, 0.4) is 0 Å². The second kappa shape index (κ2) is 7.60. The zero-order valence-corrected chi connectivity index (χ0v) is 16.8. The van der Waals surface area contributed by atoms with Crippen LogP contribution in [0, 0.1) is 6.92 Å². The van der Waals surface area contributed by atoms with Gasteiger partial charge >= 0.3 is 0 Å². The third-order valence-electron chi connectivity index (χ3n) is 5.33. The monoisotopic (exact) mass is 413 g/mol. The predicted molar refractivity (Wildman–Crippen MR) is 115 cm³/mol. The number of hydrogen-bond donors (Lipinski definition) is 1. The number of amides is 2. The van der Waals surface area contributed by atoms with E-state index in [4.69, 9.17) is 8.94 Å².